The highest BCUT2D eigenvalue weighted by Crippen LogP contribution is 2.55. The van der Waals surface area contributed by atoms with Gasteiger partial charge in [-0.15, -0.1) is 0 Å². The van der Waals surface area contributed by atoms with Crippen molar-refractivity contribution < 1.29 is 19.4 Å². The number of aliphatic hydroxyl groups excluding tert-OH is 1. The molecule has 5 fully saturated rings. The lowest BCUT2D eigenvalue weighted by Gasteiger charge is -2.56. The van der Waals surface area contributed by atoms with Crippen molar-refractivity contribution in [1.82, 2.24) is 10.2 Å². The van der Waals surface area contributed by atoms with Crippen LogP contribution in [0.15, 0.2) is 109 Å². The third-order valence-corrected chi connectivity index (χ3v) is 11.4. The molecule has 50 heavy (non-hydrogen) atoms. The SMILES string of the molecule is O=C(Nc1ccc(C2OC(CN(Cc3ccccc3)Cc3ccccc3)CC(c3ccc(CO)cc3)O2)cc1)NC12CC3CC(CC(C3)C1)C2. The van der Waals surface area contributed by atoms with Gasteiger partial charge in [-0.25, -0.2) is 4.79 Å². The minimum absolute atomic E-state index is 0.00897. The Morgan fingerprint density at radius 2 is 1.24 bits per heavy atom. The van der Waals surface area contributed by atoms with Crippen LogP contribution in [0.3, 0.4) is 0 Å². The van der Waals surface area contributed by atoms with Crippen LogP contribution < -0.4 is 10.6 Å². The van der Waals surface area contributed by atoms with Crippen LogP contribution in [0.1, 0.15) is 85.2 Å². The van der Waals surface area contributed by atoms with Gasteiger partial charge >= 0.3 is 6.03 Å². The minimum atomic E-state index is -0.568. The second kappa shape index (κ2) is 14.7. The third-order valence-electron chi connectivity index (χ3n) is 11.4. The molecule has 9 rings (SSSR count). The third kappa shape index (κ3) is 7.82. The molecule has 0 aromatic heterocycles. The van der Waals surface area contributed by atoms with E-state index in [1.807, 2.05) is 36.4 Å². The summed E-state index contributed by atoms with van der Waals surface area (Å²) in [6.07, 6.45) is 7.30. The average Bonchev–Trinajstić information content (AvgIpc) is 3.12. The lowest BCUT2D eigenvalue weighted by molar-refractivity contribution is -0.253. The highest BCUT2D eigenvalue weighted by Gasteiger charge is 2.51. The smallest absolute Gasteiger partial charge is 0.319 e. The van der Waals surface area contributed by atoms with E-state index in [-0.39, 0.29) is 30.4 Å². The molecule has 1 heterocycles. The number of aliphatic hydroxyl groups is 1. The van der Waals surface area contributed by atoms with Crippen molar-refractivity contribution in [2.24, 2.45) is 17.8 Å². The summed E-state index contributed by atoms with van der Waals surface area (Å²) < 4.78 is 13.4. The van der Waals surface area contributed by atoms with Crippen molar-refractivity contribution in [3.8, 4) is 0 Å². The first-order valence-electron chi connectivity index (χ1n) is 18.5. The molecule has 5 aliphatic rings. The molecule has 2 amide bonds. The van der Waals surface area contributed by atoms with Gasteiger partial charge in [0.1, 0.15) is 0 Å². The number of amides is 2. The van der Waals surface area contributed by atoms with Gasteiger partial charge in [0.25, 0.3) is 0 Å². The highest BCUT2D eigenvalue weighted by atomic mass is 16.7. The van der Waals surface area contributed by atoms with E-state index in [4.69, 9.17) is 9.47 Å². The van der Waals surface area contributed by atoms with E-state index in [1.54, 1.807) is 0 Å². The Morgan fingerprint density at radius 1 is 0.680 bits per heavy atom. The Morgan fingerprint density at radius 3 is 1.80 bits per heavy atom. The molecule has 260 valence electrons. The summed E-state index contributed by atoms with van der Waals surface area (Å²) in [4.78, 5) is 15.7. The van der Waals surface area contributed by atoms with E-state index in [0.717, 1.165) is 79.0 Å². The zero-order valence-corrected chi connectivity index (χ0v) is 28.8. The summed E-state index contributed by atoms with van der Waals surface area (Å²) >= 11 is 0. The van der Waals surface area contributed by atoms with Crippen molar-refractivity contribution in [2.75, 3.05) is 11.9 Å². The van der Waals surface area contributed by atoms with Crippen LogP contribution >= 0.6 is 0 Å². The maximum atomic E-state index is 13.2. The molecule has 4 saturated carbocycles. The summed E-state index contributed by atoms with van der Waals surface area (Å²) in [6.45, 7) is 2.36. The molecule has 4 aromatic rings. The van der Waals surface area contributed by atoms with Gasteiger partial charge in [0, 0.05) is 42.8 Å². The normalized spacial score (nSPS) is 28.4. The maximum absolute atomic E-state index is 13.2. The lowest BCUT2D eigenvalue weighted by Crippen LogP contribution is -2.60. The second-order valence-corrected chi connectivity index (χ2v) is 15.4. The molecule has 0 radical (unpaired) electrons. The summed E-state index contributed by atoms with van der Waals surface area (Å²) in [5.41, 5.74) is 6.11. The number of carbonyl (C=O) groups excluding carboxylic acids is 1. The van der Waals surface area contributed by atoms with E-state index >= 15 is 0 Å². The van der Waals surface area contributed by atoms with E-state index in [1.165, 1.54) is 30.4 Å². The number of hydrogen-bond donors (Lipinski definition) is 3. The lowest BCUT2D eigenvalue weighted by atomic mass is 9.53. The van der Waals surface area contributed by atoms with Gasteiger partial charge in [0.2, 0.25) is 0 Å². The van der Waals surface area contributed by atoms with Gasteiger partial charge < -0.3 is 25.2 Å². The number of nitrogens with one attached hydrogen (secondary N) is 2. The van der Waals surface area contributed by atoms with Crippen molar-refractivity contribution in [2.45, 2.75) is 88.7 Å². The number of hydrogen-bond acceptors (Lipinski definition) is 5. The fourth-order valence-corrected chi connectivity index (χ4v) is 9.58. The largest absolute Gasteiger partial charge is 0.392 e. The van der Waals surface area contributed by atoms with E-state index < -0.39 is 6.29 Å². The van der Waals surface area contributed by atoms with Gasteiger partial charge in [0.05, 0.1) is 18.8 Å². The maximum Gasteiger partial charge on any atom is 0.319 e. The molecule has 1 aliphatic heterocycles. The van der Waals surface area contributed by atoms with Crippen LogP contribution in [0.4, 0.5) is 10.5 Å². The van der Waals surface area contributed by atoms with Gasteiger partial charge in [0.15, 0.2) is 6.29 Å². The number of ether oxygens (including phenoxy) is 2. The molecular weight excluding hydrogens is 622 g/mol. The van der Waals surface area contributed by atoms with Crippen molar-refractivity contribution >= 4 is 11.7 Å². The molecule has 1 saturated heterocycles. The van der Waals surface area contributed by atoms with Gasteiger partial charge in [-0.05, 0) is 90.7 Å². The predicted octanol–water partition coefficient (Wildman–Crippen LogP) is 8.52. The van der Waals surface area contributed by atoms with E-state index in [2.05, 4.69) is 88.3 Å². The molecule has 3 N–H and O–H groups in total. The predicted molar refractivity (Wildman–Crippen MR) is 195 cm³/mol. The van der Waals surface area contributed by atoms with Crippen LogP contribution in [0.2, 0.25) is 0 Å². The summed E-state index contributed by atoms with van der Waals surface area (Å²) in [5, 5.41) is 16.2. The molecule has 4 bridgehead atoms. The van der Waals surface area contributed by atoms with Crippen LogP contribution in [0.5, 0.6) is 0 Å². The van der Waals surface area contributed by atoms with Crippen LogP contribution in [-0.2, 0) is 29.2 Å². The molecule has 7 nitrogen and oxygen atoms in total. The van der Waals surface area contributed by atoms with E-state index in [0.29, 0.717) is 6.42 Å². The standard InChI is InChI=1S/C43H49N3O4/c47-29-32-11-13-36(14-12-32)40-22-39(28-46(26-30-7-3-1-4-8-30)27-31-9-5-2-6-10-31)49-41(50-40)37-15-17-38(18-16-37)44-42(48)45-43-23-33-19-34(24-43)21-35(20-33)25-43/h1-18,33-35,39-41,47H,19-29H2,(H2,44,45,48). The Hall–Kier alpha value is -4.01. The summed E-state index contributed by atoms with van der Waals surface area (Å²) in [6, 6.07) is 37.0. The Kier molecular flexibility index (Phi) is 9.74. The number of urea groups is 1. The van der Waals surface area contributed by atoms with E-state index in [9.17, 15) is 9.90 Å². The molecule has 3 unspecified atom stereocenters. The van der Waals surface area contributed by atoms with Crippen LogP contribution in [-0.4, -0.2) is 34.2 Å². The van der Waals surface area contributed by atoms with Gasteiger partial charge in [-0.2, -0.15) is 0 Å². The van der Waals surface area contributed by atoms with Gasteiger partial charge in [-0.3, -0.25) is 4.90 Å². The summed E-state index contributed by atoms with van der Waals surface area (Å²) in [5.74, 6) is 2.33. The quantitative estimate of drug-likeness (QED) is 0.149. The van der Waals surface area contributed by atoms with Gasteiger partial charge in [-0.1, -0.05) is 97.1 Å². The molecular formula is C43H49N3O4. The molecule has 4 aliphatic carbocycles. The Labute approximate surface area is 296 Å². The minimum Gasteiger partial charge on any atom is -0.392 e. The van der Waals surface area contributed by atoms with Crippen molar-refractivity contribution in [3.05, 3.63) is 137 Å². The number of anilines is 1. The summed E-state index contributed by atoms with van der Waals surface area (Å²) in [7, 11) is 0. The zero-order valence-electron chi connectivity index (χ0n) is 28.8. The fourth-order valence-electron chi connectivity index (χ4n) is 9.58. The second-order valence-electron chi connectivity index (χ2n) is 15.4. The average molecular weight is 672 g/mol. The molecule has 7 heteroatoms. The number of carbonyl (C=O) groups is 1. The monoisotopic (exact) mass is 671 g/mol. The van der Waals surface area contributed by atoms with Crippen LogP contribution in [0.25, 0.3) is 0 Å². The number of benzene rings is 4. The van der Waals surface area contributed by atoms with Crippen LogP contribution in [0, 0.1) is 17.8 Å². The fraction of sp³-hybridized carbons (Fsp3) is 0.419. The zero-order chi connectivity index (χ0) is 33.9. The first kappa shape index (κ1) is 33.2. The Balaban J connectivity index is 0.978. The first-order chi connectivity index (χ1) is 24.5. The number of nitrogens with zero attached hydrogens (tertiary/aromatic N) is 1. The molecule has 0 spiro atoms. The first-order valence-corrected chi connectivity index (χ1v) is 18.5. The highest BCUT2D eigenvalue weighted by molar-refractivity contribution is 5.89. The van der Waals surface area contributed by atoms with Crippen molar-refractivity contribution in [1.29, 1.82) is 0 Å². The Bertz CT molecular complexity index is 1640. The van der Waals surface area contributed by atoms with Crippen molar-refractivity contribution in [3.63, 3.8) is 0 Å². The molecule has 3 atom stereocenters. The topological polar surface area (TPSA) is 83.1 Å². The molecule has 4 aromatic carbocycles. The number of rotatable bonds is 11.